The van der Waals surface area contributed by atoms with E-state index in [2.05, 4.69) is 25.5 Å². The number of carbonyl (C=O) groups excluding carboxylic acids is 2. The fourth-order valence-corrected chi connectivity index (χ4v) is 5.46. The number of carbonyl (C=O) groups is 2. The lowest BCUT2D eigenvalue weighted by Crippen LogP contribution is -2.21. The number of benzene rings is 2. The number of rotatable bonds is 10. The molecule has 228 valence electrons. The van der Waals surface area contributed by atoms with Gasteiger partial charge in [-0.25, -0.2) is 0 Å². The van der Waals surface area contributed by atoms with Crippen LogP contribution in [0.1, 0.15) is 50.4 Å². The molecule has 1 saturated heterocycles. The molecule has 4 aromatic rings. The Morgan fingerprint density at radius 2 is 1.57 bits per heavy atom. The van der Waals surface area contributed by atoms with E-state index in [0.717, 1.165) is 29.7 Å². The van der Waals surface area contributed by atoms with Gasteiger partial charge in [-0.2, -0.15) is 0 Å². The molecule has 1 fully saturated rings. The highest BCUT2D eigenvalue weighted by molar-refractivity contribution is 6.36. The van der Waals surface area contributed by atoms with E-state index >= 15 is 0 Å². The summed E-state index contributed by atoms with van der Waals surface area (Å²) in [6, 6.07) is 17.8. The maximum Gasteiger partial charge on any atom is 0.274 e. The number of aromatic nitrogens is 2. The van der Waals surface area contributed by atoms with Crippen molar-refractivity contribution in [1.29, 1.82) is 0 Å². The molecule has 1 aliphatic heterocycles. The van der Waals surface area contributed by atoms with Crippen LogP contribution >= 0.6 is 11.6 Å². The third-order valence-electron chi connectivity index (χ3n) is 7.55. The highest BCUT2D eigenvalue weighted by Gasteiger charge is 2.21. The first kappa shape index (κ1) is 31.2. The molecule has 0 radical (unpaired) electrons. The second-order valence-electron chi connectivity index (χ2n) is 10.6. The SMILES string of the molecule is COC(OC)c1ccc(C(=O)Nc2cccc(-c3cccc(NC(=O)c4ccc(CN5CC[C@H](O)C5)cn4)c3Cl)c2C)nc1. The molecule has 1 aliphatic rings. The molecule has 2 aromatic heterocycles. The molecule has 10 nitrogen and oxygen atoms in total. The summed E-state index contributed by atoms with van der Waals surface area (Å²) in [6.07, 6.45) is 3.14. The molecular weight excluding hydrogens is 582 g/mol. The maximum atomic E-state index is 13.0. The first-order valence-electron chi connectivity index (χ1n) is 14.2. The van der Waals surface area contributed by atoms with Gasteiger partial charge in [0.15, 0.2) is 6.29 Å². The fraction of sp³-hybridized carbons (Fsp3) is 0.273. The number of nitrogens with one attached hydrogen (secondary N) is 2. The quantitative estimate of drug-likeness (QED) is 0.201. The van der Waals surface area contributed by atoms with Gasteiger partial charge in [-0.15, -0.1) is 0 Å². The van der Waals surface area contributed by atoms with Gasteiger partial charge in [0.25, 0.3) is 11.8 Å². The fourth-order valence-electron chi connectivity index (χ4n) is 5.19. The van der Waals surface area contributed by atoms with Gasteiger partial charge in [-0.3, -0.25) is 24.5 Å². The van der Waals surface area contributed by atoms with Crippen molar-refractivity contribution in [3.8, 4) is 11.1 Å². The summed E-state index contributed by atoms with van der Waals surface area (Å²) >= 11 is 6.82. The Hall–Kier alpha value is -4.19. The summed E-state index contributed by atoms with van der Waals surface area (Å²) in [5.74, 6) is -0.752. The lowest BCUT2D eigenvalue weighted by atomic mass is 9.98. The summed E-state index contributed by atoms with van der Waals surface area (Å²) in [4.78, 5) is 36.8. The van der Waals surface area contributed by atoms with Crippen molar-refractivity contribution in [3.63, 3.8) is 0 Å². The predicted molar refractivity (Wildman–Crippen MR) is 169 cm³/mol. The van der Waals surface area contributed by atoms with Crippen LogP contribution in [0, 0.1) is 6.92 Å². The number of likely N-dealkylation sites (tertiary alicyclic amines) is 1. The lowest BCUT2D eigenvalue weighted by molar-refractivity contribution is -0.106. The number of hydrogen-bond acceptors (Lipinski definition) is 8. The van der Waals surface area contributed by atoms with Crippen LogP contribution in [-0.4, -0.2) is 65.2 Å². The van der Waals surface area contributed by atoms with E-state index in [1.54, 1.807) is 48.8 Å². The van der Waals surface area contributed by atoms with Crippen molar-refractivity contribution >= 4 is 34.8 Å². The molecule has 0 spiro atoms. The number of pyridine rings is 2. The van der Waals surface area contributed by atoms with Crippen LogP contribution < -0.4 is 10.6 Å². The molecule has 2 amide bonds. The van der Waals surface area contributed by atoms with Crippen LogP contribution in [0.15, 0.2) is 73.1 Å². The minimum absolute atomic E-state index is 0.240. The minimum atomic E-state index is -0.568. The Labute approximate surface area is 261 Å². The van der Waals surface area contributed by atoms with Gasteiger partial charge in [-0.05, 0) is 54.3 Å². The lowest BCUT2D eigenvalue weighted by Gasteiger charge is -2.16. The number of aliphatic hydroxyl groups is 1. The van der Waals surface area contributed by atoms with Crippen molar-refractivity contribution in [1.82, 2.24) is 14.9 Å². The number of methoxy groups -OCH3 is 2. The average molecular weight is 616 g/mol. The number of hydrogen-bond donors (Lipinski definition) is 3. The second-order valence-corrected chi connectivity index (χ2v) is 10.9. The van der Waals surface area contributed by atoms with Gasteiger partial charge in [0.2, 0.25) is 0 Å². The molecule has 0 aliphatic carbocycles. The van der Waals surface area contributed by atoms with Crippen LogP contribution in [0.5, 0.6) is 0 Å². The Bertz CT molecular complexity index is 1630. The van der Waals surface area contributed by atoms with Gasteiger partial charge >= 0.3 is 0 Å². The Morgan fingerprint density at radius 1 is 0.932 bits per heavy atom. The number of β-amino-alcohol motifs (C(OH)–C–C–N with tert-alkyl or cyclic N) is 1. The molecule has 11 heteroatoms. The van der Waals surface area contributed by atoms with Crippen molar-refractivity contribution < 1.29 is 24.2 Å². The molecule has 3 N–H and O–H groups in total. The Morgan fingerprint density at radius 3 is 2.16 bits per heavy atom. The van der Waals surface area contributed by atoms with Crippen LogP contribution in [0.2, 0.25) is 5.02 Å². The largest absolute Gasteiger partial charge is 0.392 e. The van der Waals surface area contributed by atoms with Crippen LogP contribution in [0.4, 0.5) is 11.4 Å². The molecule has 1 atom stereocenters. The number of halogens is 1. The van der Waals surface area contributed by atoms with Crippen LogP contribution in [0.3, 0.4) is 0 Å². The second kappa shape index (κ2) is 14.1. The van der Waals surface area contributed by atoms with Gasteiger partial charge in [0.05, 0.1) is 16.8 Å². The average Bonchev–Trinajstić information content (AvgIpc) is 3.44. The third-order valence-corrected chi connectivity index (χ3v) is 7.96. The predicted octanol–water partition coefficient (Wildman–Crippen LogP) is 5.47. The Kier molecular flexibility index (Phi) is 9.99. The zero-order valence-electron chi connectivity index (χ0n) is 24.7. The molecule has 44 heavy (non-hydrogen) atoms. The standard InChI is InChI=1S/C33H34ClN5O5/c1-20-24(6-4-8-26(20)37-31(41)29-13-11-22(17-36-29)33(43-2)44-3)25-7-5-9-27(30(25)34)38-32(42)28-12-10-21(16-35-28)18-39-15-14-23(40)19-39/h4-13,16-17,23,33,40H,14-15,18-19H2,1-3H3,(H,37,41)(H,38,42)/t23-/m0/s1. The van der Waals surface area contributed by atoms with Gasteiger partial charge in [-0.1, -0.05) is 48.0 Å². The third kappa shape index (κ3) is 7.12. The van der Waals surface area contributed by atoms with Crippen LogP contribution in [-0.2, 0) is 16.0 Å². The highest BCUT2D eigenvalue weighted by atomic mass is 35.5. The Balaban J connectivity index is 1.29. The summed E-state index contributed by atoms with van der Waals surface area (Å²) in [7, 11) is 3.06. The topological polar surface area (TPSA) is 126 Å². The van der Waals surface area contributed by atoms with Crippen LogP contribution in [0.25, 0.3) is 11.1 Å². The van der Waals surface area contributed by atoms with Gasteiger partial charge in [0, 0.05) is 63.1 Å². The van der Waals surface area contributed by atoms with Crippen molar-refractivity contribution in [2.75, 3.05) is 37.9 Å². The number of ether oxygens (including phenoxy) is 2. The first-order valence-corrected chi connectivity index (χ1v) is 14.5. The normalized spacial score (nSPS) is 15.0. The van der Waals surface area contributed by atoms with Crippen molar-refractivity contribution in [3.05, 3.63) is 106 Å². The minimum Gasteiger partial charge on any atom is -0.392 e. The van der Waals surface area contributed by atoms with Crippen molar-refractivity contribution in [2.24, 2.45) is 0 Å². The highest BCUT2D eigenvalue weighted by Crippen LogP contribution is 2.37. The maximum absolute atomic E-state index is 13.0. The van der Waals surface area contributed by atoms with Gasteiger partial charge < -0.3 is 25.2 Å². The molecule has 0 bridgehead atoms. The van der Waals surface area contributed by atoms with Crippen molar-refractivity contribution in [2.45, 2.75) is 32.3 Å². The molecule has 0 unspecified atom stereocenters. The van der Waals surface area contributed by atoms with E-state index in [1.807, 2.05) is 31.2 Å². The smallest absolute Gasteiger partial charge is 0.274 e. The number of aliphatic hydroxyl groups excluding tert-OH is 1. The van der Waals surface area contributed by atoms with E-state index in [0.29, 0.717) is 40.6 Å². The van der Waals surface area contributed by atoms with E-state index in [-0.39, 0.29) is 29.3 Å². The van der Waals surface area contributed by atoms with Gasteiger partial charge in [0.1, 0.15) is 11.4 Å². The molecule has 0 saturated carbocycles. The number of nitrogens with zero attached hydrogens (tertiary/aromatic N) is 3. The molecule has 2 aromatic carbocycles. The molecular formula is C33H34ClN5O5. The first-order chi connectivity index (χ1) is 21.3. The van der Waals surface area contributed by atoms with E-state index in [1.165, 1.54) is 14.2 Å². The molecule has 3 heterocycles. The molecule has 5 rings (SSSR count). The summed E-state index contributed by atoms with van der Waals surface area (Å²) in [6.45, 7) is 4.04. The number of amides is 2. The monoisotopic (exact) mass is 615 g/mol. The van der Waals surface area contributed by atoms with E-state index in [9.17, 15) is 14.7 Å². The summed E-state index contributed by atoms with van der Waals surface area (Å²) in [5.41, 5.74) is 5.49. The summed E-state index contributed by atoms with van der Waals surface area (Å²) in [5, 5.41) is 15.9. The zero-order chi connectivity index (χ0) is 31.2. The number of anilines is 2. The summed E-state index contributed by atoms with van der Waals surface area (Å²) < 4.78 is 10.5. The zero-order valence-corrected chi connectivity index (χ0v) is 25.5. The van der Waals surface area contributed by atoms with E-state index < -0.39 is 6.29 Å². The van der Waals surface area contributed by atoms with E-state index in [4.69, 9.17) is 21.1 Å².